The maximum Gasteiger partial charge on any atom is 0.434 e. The summed E-state index contributed by atoms with van der Waals surface area (Å²) in [5.74, 6) is -0.923. The van der Waals surface area contributed by atoms with Crippen LogP contribution in [-0.2, 0) is 15.7 Å². The van der Waals surface area contributed by atoms with Crippen LogP contribution in [0.2, 0.25) is 0 Å². The topological polar surface area (TPSA) is 75.9 Å². The molecule has 1 aromatic carbocycles. The van der Waals surface area contributed by atoms with Crippen molar-refractivity contribution in [3.63, 3.8) is 0 Å². The molecule has 1 atom stereocenters. The number of ether oxygens (including phenoxy) is 1. The normalized spacial score (nSPS) is 16.6. The second kappa shape index (κ2) is 7.56. The molecule has 0 saturated carbocycles. The molecule has 7 nitrogen and oxygen atoms in total. The molecule has 1 aliphatic heterocycles. The fourth-order valence-electron chi connectivity index (χ4n) is 3.29. The van der Waals surface area contributed by atoms with Crippen molar-refractivity contribution in [2.45, 2.75) is 19.2 Å². The minimum Gasteiger partial charge on any atom is -0.442 e. The monoisotopic (exact) mass is 436 g/mol. The number of imidazole rings is 1. The lowest BCUT2D eigenvalue weighted by molar-refractivity contribution is -0.140. The minimum atomic E-state index is -4.58. The molecule has 3 heterocycles. The van der Waals surface area contributed by atoms with Crippen molar-refractivity contribution < 1.29 is 31.9 Å². The Morgan fingerprint density at radius 1 is 1.26 bits per heavy atom. The number of aromatic nitrogens is 2. The van der Waals surface area contributed by atoms with E-state index < -0.39 is 29.9 Å². The third kappa shape index (κ3) is 4.16. The molecule has 1 N–H and O–H groups in total. The van der Waals surface area contributed by atoms with E-state index in [1.165, 1.54) is 46.7 Å². The van der Waals surface area contributed by atoms with Gasteiger partial charge in [-0.05, 0) is 30.3 Å². The van der Waals surface area contributed by atoms with Crippen molar-refractivity contribution in [3.8, 4) is 11.1 Å². The number of hydrogen-bond acceptors (Lipinski definition) is 4. The van der Waals surface area contributed by atoms with Gasteiger partial charge < -0.3 is 14.5 Å². The zero-order chi connectivity index (χ0) is 22.3. The molecule has 0 bridgehead atoms. The van der Waals surface area contributed by atoms with E-state index >= 15 is 0 Å². The predicted molar refractivity (Wildman–Crippen MR) is 102 cm³/mol. The number of carbonyl (C=O) groups is 2. The molecule has 3 aromatic rings. The SMILES string of the molecule is CC(=O)NC[C@H]1CN(c2ccc(-c3ccc4nc(C(F)(F)F)cn4c3)c(F)c2)C(=O)O1. The number of pyridine rings is 1. The number of nitrogens with one attached hydrogen (secondary N) is 1. The smallest absolute Gasteiger partial charge is 0.434 e. The van der Waals surface area contributed by atoms with Crippen molar-refractivity contribution in [3.05, 3.63) is 54.2 Å². The Morgan fingerprint density at radius 3 is 2.71 bits per heavy atom. The number of rotatable bonds is 4. The van der Waals surface area contributed by atoms with Crippen LogP contribution in [0.3, 0.4) is 0 Å². The van der Waals surface area contributed by atoms with Crippen molar-refractivity contribution in [1.29, 1.82) is 0 Å². The molecule has 0 unspecified atom stereocenters. The van der Waals surface area contributed by atoms with Crippen molar-refractivity contribution in [1.82, 2.24) is 14.7 Å². The number of amides is 2. The third-order valence-corrected chi connectivity index (χ3v) is 4.77. The lowest BCUT2D eigenvalue weighted by Gasteiger charge is -2.14. The van der Waals surface area contributed by atoms with Gasteiger partial charge in [-0.3, -0.25) is 9.69 Å². The molecule has 0 radical (unpaired) electrons. The van der Waals surface area contributed by atoms with E-state index in [0.29, 0.717) is 5.56 Å². The van der Waals surface area contributed by atoms with Gasteiger partial charge in [0.25, 0.3) is 0 Å². The number of benzene rings is 1. The average molecular weight is 436 g/mol. The predicted octanol–water partition coefficient (Wildman–Crippen LogP) is 3.62. The highest BCUT2D eigenvalue weighted by Gasteiger charge is 2.34. The van der Waals surface area contributed by atoms with Gasteiger partial charge in [0.15, 0.2) is 5.69 Å². The van der Waals surface area contributed by atoms with Crippen LogP contribution in [0.15, 0.2) is 42.7 Å². The van der Waals surface area contributed by atoms with Gasteiger partial charge in [0.05, 0.1) is 18.8 Å². The van der Waals surface area contributed by atoms with Crippen LogP contribution in [0.1, 0.15) is 12.6 Å². The number of carbonyl (C=O) groups excluding carboxylic acids is 2. The van der Waals surface area contributed by atoms with E-state index in [1.54, 1.807) is 0 Å². The molecular formula is C20H16F4N4O3. The van der Waals surface area contributed by atoms with Gasteiger partial charge in [-0.15, -0.1) is 0 Å². The number of alkyl halides is 3. The highest BCUT2D eigenvalue weighted by atomic mass is 19.4. The van der Waals surface area contributed by atoms with Gasteiger partial charge in [-0.25, -0.2) is 14.2 Å². The van der Waals surface area contributed by atoms with Gasteiger partial charge in [-0.1, -0.05) is 0 Å². The highest BCUT2D eigenvalue weighted by Crippen LogP contribution is 2.31. The second-order valence-electron chi connectivity index (χ2n) is 7.02. The largest absolute Gasteiger partial charge is 0.442 e. The van der Waals surface area contributed by atoms with Gasteiger partial charge in [0, 0.05) is 30.4 Å². The van der Waals surface area contributed by atoms with Gasteiger partial charge in [0.2, 0.25) is 5.91 Å². The summed E-state index contributed by atoms with van der Waals surface area (Å²) in [6.07, 6.45) is -3.63. The molecule has 2 amide bonds. The summed E-state index contributed by atoms with van der Waals surface area (Å²) in [4.78, 5) is 27.9. The van der Waals surface area contributed by atoms with Gasteiger partial charge in [-0.2, -0.15) is 13.2 Å². The molecule has 1 aliphatic rings. The van der Waals surface area contributed by atoms with E-state index in [2.05, 4.69) is 10.3 Å². The molecule has 4 rings (SSSR count). The van der Waals surface area contributed by atoms with Gasteiger partial charge in [0.1, 0.15) is 17.6 Å². The van der Waals surface area contributed by atoms with E-state index in [9.17, 15) is 27.2 Å². The number of cyclic esters (lactones) is 1. The van der Waals surface area contributed by atoms with Crippen LogP contribution in [0.25, 0.3) is 16.8 Å². The Hall–Kier alpha value is -3.63. The number of nitrogens with zero attached hydrogens (tertiary/aromatic N) is 3. The van der Waals surface area contributed by atoms with Crippen LogP contribution < -0.4 is 10.2 Å². The Bertz CT molecular complexity index is 1170. The van der Waals surface area contributed by atoms with E-state index in [1.807, 2.05) is 0 Å². The summed E-state index contributed by atoms with van der Waals surface area (Å²) in [6.45, 7) is 1.62. The van der Waals surface area contributed by atoms with E-state index in [0.717, 1.165) is 12.3 Å². The zero-order valence-corrected chi connectivity index (χ0v) is 16.1. The lowest BCUT2D eigenvalue weighted by Crippen LogP contribution is -2.33. The summed E-state index contributed by atoms with van der Waals surface area (Å²) < 4.78 is 59.7. The number of anilines is 1. The highest BCUT2D eigenvalue weighted by molar-refractivity contribution is 5.90. The molecule has 162 valence electrons. The molecule has 0 spiro atoms. The first-order chi connectivity index (χ1) is 14.6. The second-order valence-corrected chi connectivity index (χ2v) is 7.02. The summed E-state index contributed by atoms with van der Waals surface area (Å²) >= 11 is 0. The van der Waals surface area contributed by atoms with Crippen LogP contribution >= 0.6 is 0 Å². The van der Waals surface area contributed by atoms with Crippen LogP contribution in [0, 0.1) is 5.82 Å². The third-order valence-electron chi connectivity index (χ3n) is 4.77. The van der Waals surface area contributed by atoms with Crippen LogP contribution in [0.4, 0.5) is 28.0 Å². The van der Waals surface area contributed by atoms with Crippen molar-refractivity contribution in [2.24, 2.45) is 0 Å². The standard InChI is InChI=1S/C20H16F4N4O3/c1-11(29)25-7-14-9-28(19(30)31-14)13-3-4-15(16(21)6-13)12-2-5-18-26-17(20(22,23)24)10-27(18)8-12/h2-6,8,10,14H,7,9H2,1H3,(H,25,29)/t14-/m0/s1. The quantitative estimate of drug-likeness (QED) is 0.634. The molecule has 11 heteroatoms. The molecule has 1 saturated heterocycles. The number of halogens is 4. The van der Waals surface area contributed by atoms with Crippen molar-refractivity contribution in [2.75, 3.05) is 18.0 Å². The molecule has 2 aromatic heterocycles. The van der Waals surface area contributed by atoms with Crippen molar-refractivity contribution >= 4 is 23.3 Å². The fraction of sp³-hybridized carbons (Fsp3) is 0.250. The van der Waals surface area contributed by atoms with E-state index in [-0.39, 0.29) is 35.9 Å². The Morgan fingerprint density at radius 2 is 2.03 bits per heavy atom. The number of fused-ring (bicyclic) bond motifs is 1. The Kier molecular flexibility index (Phi) is 5.03. The first-order valence-corrected chi connectivity index (χ1v) is 9.20. The van der Waals surface area contributed by atoms with Crippen LogP contribution in [0.5, 0.6) is 0 Å². The molecule has 1 fully saturated rings. The maximum absolute atomic E-state index is 14.8. The summed E-state index contributed by atoms with van der Waals surface area (Å²) in [5.41, 5.74) is -0.204. The maximum atomic E-state index is 14.8. The Labute approximate surface area is 173 Å². The molecule has 31 heavy (non-hydrogen) atoms. The minimum absolute atomic E-state index is 0.0816. The molecular weight excluding hydrogens is 420 g/mol. The van der Waals surface area contributed by atoms with Crippen LogP contribution in [-0.4, -0.2) is 40.6 Å². The molecule has 0 aliphatic carbocycles. The van der Waals surface area contributed by atoms with E-state index in [4.69, 9.17) is 4.74 Å². The first kappa shape index (κ1) is 20.6. The summed E-state index contributed by atoms with van der Waals surface area (Å²) in [5, 5.41) is 2.55. The summed E-state index contributed by atoms with van der Waals surface area (Å²) in [7, 11) is 0. The van der Waals surface area contributed by atoms with Gasteiger partial charge >= 0.3 is 12.3 Å². The lowest BCUT2D eigenvalue weighted by atomic mass is 10.1. The zero-order valence-electron chi connectivity index (χ0n) is 16.1. The average Bonchev–Trinajstić information content (AvgIpc) is 3.29. The first-order valence-electron chi connectivity index (χ1n) is 9.20. The Balaban J connectivity index is 1.58. The number of hydrogen-bond donors (Lipinski definition) is 1. The summed E-state index contributed by atoms with van der Waals surface area (Å²) in [6, 6.07) is 6.93. The fourth-order valence-corrected chi connectivity index (χ4v) is 3.29.